The number of benzene rings is 1. The Labute approximate surface area is 155 Å². The zero-order chi connectivity index (χ0) is 19.8. The smallest absolute Gasteiger partial charge is 0.336 e. The molecule has 0 bridgehead atoms. The molecule has 2 unspecified atom stereocenters. The van der Waals surface area contributed by atoms with Gasteiger partial charge < -0.3 is 19.5 Å². The topological polar surface area (TPSA) is 142 Å². The molecule has 0 aliphatic carbocycles. The first kappa shape index (κ1) is 18.8. The number of β-lactam (4-membered cyclic amide) rings is 1. The van der Waals surface area contributed by atoms with Crippen LogP contribution in [0.3, 0.4) is 0 Å². The van der Waals surface area contributed by atoms with Gasteiger partial charge >= 0.3 is 16.1 Å². The molecule has 2 N–H and O–H groups in total. The molecule has 2 aliphatic heterocycles. The number of amides is 2. The van der Waals surface area contributed by atoms with Gasteiger partial charge in [-0.1, -0.05) is 30.3 Å². The summed E-state index contributed by atoms with van der Waals surface area (Å²) >= 11 is 0. The fraction of sp³-hybridized carbons (Fsp3) is 0.375. The predicted octanol–water partition coefficient (Wildman–Crippen LogP) is -1.23. The highest BCUT2D eigenvalue weighted by Crippen LogP contribution is 2.29. The second-order valence-corrected chi connectivity index (χ2v) is 7.80. The number of rotatable bonds is 5. The van der Waals surface area contributed by atoms with E-state index in [0.29, 0.717) is 0 Å². The molecule has 11 heteroatoms. The molecule has 0 saturated carbocycles. The Hall–Kier alpha value is -2.95. The first-order chi connectivity index (χ1) is 12.7. The quantitative estimate of drug-likeness (QED) is 0.469. The van der Waals surface area contributed by atoms with Gasteiger partial charge in [0, 0.05) is 0 Å². The summed E-state index contributed by atoms with van der Waals surface area (Å²) < 4.78 is 27.2. The summed E-state index contributed by atoms with van der Waals surface area (Å²) in [5, 5.41) is 12.0. The number of hydrogen-bond donors (Lipinski definition) is 2. The molecule has 3 atom stereocenters. The molecule has 1 saturated heterocycles. The molecule has 2 aliphatic rings. The van der Waals surface area contributed by atoms with E-state index in [9.17, 15) is 27.9 Å². The van der Waals surface area contributed by atoms with Crippen LogP contribution in [0.5, 0.6) is 0 Å². The zero-order valence-corrected chi connectivity index (χ0v) is 15.0. The molecular weight excluding hydrogens is 378 g/mol. The van der Waals surface area contributed by atoms with Gasteiger partial charge in [-0.2, -0.15) is 8.42 Å². The number of fused-ring (bicyclic) bond motifs is 1. The summed E-state index contributed by atoms with van der Waals surface area (Å²) in [7, 11) is -3.99. The lowest BCUT2D eigenvalue weighted by atomic mass is 9.90. The van der Waals surface area contributed by atoms with Crippen LogP contribution in [0.1, 0.15) is 5.56 Å². The highest BCUT2D eigenvalue weighted by atomic mass is 32.2. The van der Waals surface area contributed by atoms with Crippen molar-refractivity contribution in [1.82, 2.24) is 10.2 Å². The third kappa shape index (κ3) is 3.92. The summed E-state index contributed by atoms with van der Waals surface area (Å²) in [6, 6.07) is 5.70. The van der Waals surface area contributed by atoms with Crippen molar-refractivity contribution in [3.63, 3.8) is 0 Å². The molecular formula is C16H17N3O7S. The number of carbonyl (C=O) groups excluding carboxylic acids is 2. The minimum atomic E-state index is -3.99. The number of hydrogen-bond acceptors (Lipinski definition) is 7. The summed E-state index contributed by atoms with van der Waals surface area (Å²) in [5.41, 5.74) is 0.771. The van der Waals surface area contributed by atoms with E-state index in [2.05, 4.69) is 14.5 Å². The summed E-state index contributed by atoms with van der Waals surface area (Å²) in [6.07, 6.45) is 0.830. The second-order valence-electron chi connectivity index (χ2n) is 6.23. The number of aliphatic carboxylic acids is 1. The minimum absolute atomic E-state index is 0.0728. The number of aliphatic imine (C=N–C) groups is 1. The fourth-order valence-corrected chi connectivity index (χ4v) is 3.54. The molecule has 1 fully saturated rings. The van der Waals surface area contributed by atoms with Gasteiger partial charge in [0.15, 0.2) is 0 Å². The first-order valence-electron chi connectivity index (χ1n) is 7.99. The minimum Gasteiger partial charge on any atom is -0.479 e. The van der Waals surface area contributed by atoms with E-state index in [1.807, 2.05) is 6.07 Å². The lowest BCUT2D eigenvalue weighted by molar-refractivity contribution is -0.163. The van der Waals surface area contributed by atoms with Crippen LogP contribution in [-0.2, 0) is 35.1 Å². The highest BCUT2D eigenvalue weighted by Gasteiger charge is 2.57. The molecule has 0 spiro atoms. The fourth-order valence-electron chi connectivity index (χ4n) is 3.08. The third-order valence-corrected chi connectivity index (χ3v) is 4.68. The van der Waals surface area contributed by atoms with Crippen LogP contribution in [0.15, 0.2) is 35.3 Å². The SMILES string of the molecule is CS(=O)(=O)OC1=NC[C@@H]2C(NC(=O)Cc3ccccc3)C(=O)N2C1C(=O)O. The molecule has 2 heterocycles. The Kier molecular flexibility index (Phi) is 4.87. The van der Waals surface area contributed by atoms with Crippen molar-refractivity contribution < 1.29 is 32.1 Å². The van der Waals surface area contributed by atoms with Gasteiger partial charge in [-0.25, -0.2) is 9.79 Å². The normalized spacial score (nSPS) is 24.3. The van der Waals surface area contributed by atoms with Crippen molar-refractivity contribution in [2.75, 3.05) is 12.8 Å². The van der Waals surface area contributed by atoms with E-state index in [-0.39, 0.29) is 18.9 Å². The summed E-state index contributed by atoms with van der Waals surface area (Å²) in [6.45, 7) is -0.0728. The van der Waals surface area contributed by atoms with Crippen molar-refractivity contribution in [2.24, 2.45) is 4.99 Å². The monoisotopic (exact) mass is 395 g/mol. The van der Waals surface area contributed by atoms with Crippen LogP contribution in [0.4, 0.5) is 0 Å². The lowest BCUT2D eigenvalue weighted by Gasteiger charge is -2.50. The number of carboxylic acids is 1. The van der Waals surface area contributed by atoms with E-state index < -0.39 is 46.0 Å². The molecule has 10 nitrogen and oxygen atoms in total. The van der Waals surface area contributed by atoms with Crippen molar-refractivity contribution in [2.45, 2.75) is 24.5 Å². The van der Waals surface area contributed by atoms with E-state index >= 15 is 0 Å². The third-order valence-electron chi connectivity index (χ3n) is 4.20. The van der Waals surface area contributed by atoms with Crippen LogP contribution < -0.4 is 5.32 Å². The van der Waals surface area contributed by atoms with Gasteiger partial charge in [0.25, 0.3) is 0 Å². The number of carboxylic acid groups (broad SMARTS) is 1. The average molecular weight is 395 g/mol. The van der Waals surface area contributed by atoms with Crippen LogP contribution in [-0.4, -0.2) is 73.0 Å². The Bertz CT molecular complexity index is 913. The summed E-state index contributed by atoms with van der Waals surface area (Å²) in [5.74, 6) is -3.04. The van der Waals surface area contributed by atoms with Gasteiger partial charge in [-0.3, -0.25) is 9.59 Å². The summed E-state index contributed by atoms with van der Waals surface area (Å²) in [4.78, 5) is 40.9. The van der Waals surface area contributed by atoms with Crippen molar-refractivity contribution in [1.29, 1.82) is 0 Å². The molecule has 144 valence electrons. The van der Waals surface area contributed by atoms with Gasteiger partial charge in [0.2, 0.25) is 23.8 Å². The molecule has 3 rings (SSSR count). The lowest BCUT2D eigenvalue weighted by Crippen LogP contribution is -2.77. The van der Waals surface area contributed by atoms with Crippen molar-refractivity contribution in [3.05, 3.63) is 35.9 Å². The maximum Gasteiger partial charge on any atom is 0.336 e. The molecule has 1 aromatic rings. The standard InChI is InChI=1S/C16H17N3O7S/c1-27(24,25)26-14-13(16(22)23)19-10(8-17-14)12(15(19)21)18-11(20)7-9-5-3-2-4-6-9/h2-6,10,12-13H,7-8H2,1H3,(H,18,20)(H,22,23)/t10-,12?,13?/m1/s1. The number of nitrogens with zero attached hydrogens (tertiary/aromatic N) is 2. The van der Waals surface area contributed by atoms with Gasteiger partial charge in [0.05, 0.1) is 25.3 Å². The molecule has 0 radical (unpaired) electrons. The van der Waals surface area contributed by atoms with Crippen LogP contribution >= 0.6 is 0 Å². The molecule has 0 aromatic heterocycles. The largest absolute Gasteiger partial charge is 0.479 e. The number of carbonyl (C=O) groups is 3. The van der Waals surface area contributed by atoms with E-state index in [1.54, 1.807) is 24.3 Å². The second kappa shape index (κ2) is 6.99. The highest BCUT2D eigenvalue weighted by molar-refractivity contribution is 7.86. The maximum atomic E-state index is 12.4. The zero-order valence-electron chi connectivity index (χ0n) is 14.2. The predicted molar refractivity (Wildman–Crippen MR) is 92.4 cm³/mol. The van der Waals surface area contributed by atoms with E-state index in [4.69, 9.17) is 0 Å². The maximum absolute atomic E-state index is 12.4. The Balaban J connectivity index is 1.72. The Morgan fingerprint density at radius 2 is 2.00 bits per heavy atom. The van der Waals surface area contributed by atoms with Crippen molar-refractivity contribution in [3.8, 4) is 0 Å². The Morgan fingerprint density at radius 3 is 2.59 bits per heavy atom. The van der Waals surface area contributed by atoms with Gasteiger partial charge in [-0.05, 0) is 5.56 Å². The van der Waals surface area contributed by atoms with E-state index in [1.165, 1.54) is 0 Å². The van der Waals surface area contributed by atoms with Gasteiger partial charge in [0.1, 0.15) is 6.04 Å². The van der Waals surface area contributed by atoms with Gasteiger partial charge in [-0.15, -0.1) is 0 Å². The molecule has 2 amide bonds. The molecule has 1 aromatic carbocycles. The average Bonchev–Trinajstić information content (AvgIpc) is 2.58. The van der Waals surface area contributed by atoms with Crippen LogP contribution in [0.25, 0.3) is 0 Å². The molecule has 27 heavy (non-hydrogen) atoms. The van der Waals surface area contributed by atoms with Crippen LogP contribution in [0, 0.1) is 0 Å². The number of nitrogens with one attached hydrogen (secondary N) is 1. The van der Waals surface area contributed by atoms with E-state index in [0.717, 1.165) is 16.7 Å². The van der Waals surface area contributed by atoms with Crippen molar-refractivity contribution >= 4 is 33.8 Å². The first-order valence-corrected chi connectivity index (χ1v) is 9.81. The van der Waals surface area contributed by atoms with Crippen LogP contribution in [0.2, 0.25) is 0 Å². The Morgan fingerprint density at radius 1 is 1.33 bits per heavy atom.